The van der Waals surface area contributed by atoms with Crippen molar-refractivity contribution in [2.45, 2.75) is 51.8 Å². The molecule has 9 nitrogen and oxygen atoms in total. The third kappa shape index (κ3) is 5.46. The van der Waals surface area contributed by atoms with E-state index in [1.54, 1.807) is 13.8 Å². The van der Waals surface area contributed by atoms with Gasteiger partial charge in [-0.25, -0.2) is 19.3 Å². The van der Waals surface area contributed by atoms with Crippen LogP contribution in [-0.4, -0.2) is 64.1 Å². The molecule has 2 atom stereocenters. The van der Waals surface area contributed by atoms with Crippen LogP contribution in [0, 0.1) is 0 Å². The van der Waals surface area contributed by atoms with E-state index in [1.165, 1.54) is 4.90 Å². The Morgan fingerprint density at radius 1 is 1.21 bits per heavy atom. The van der Waals surface area contributed by atoms with Crippen LogP contribution in [0.3, 0.4) is 0 Å². The summed E-state index contributed by atoms with van der Waals surface area (Å²) in [6.45, 7) is 4.10. The number of urea groups is 1. The minimum Gasteiger partial charge on any atom is -0.480 e. The zero-order valence-corrected chi connectivity index (χ0v) is 16.7. The summed E-state index contributed by atoms with van der Waals surface area (Å²) >= 11 is 0. The van der Waals surface area contributed by atoms with Gasteiger partial charge < -0.3 is 20.1 Å². The SMILES string of the molecule is CCC(C(=O)O)N1C(=O)[C@H](CCCNC(=O)OCc2ccccc2)N(CC)C1=O. The van der Waals surface area contributed by atoms with Gasteiger partial charge >= 0.3 is 18.1 Å². The molecule has 1 aromatic carbocycles. The summed E-state index contributed by atoms with van der Waals surface area (Å²) < 4.78 is 5.12. The fourth-order valence-electron chi connectivity index (χ4n) is 3.31. The highest BCUT2D eigenvalue weighted by Crippen LogP contribution is 2.24. The lowest BCUT2D eigenvalue weighted by Gasteiger charge is -2.21. The number of aliphatic carboxylic acids is 1. The Hall–Kier alpha value is -3.10. The lowest BCUT2D eigenvalue weighted by atomic mass is 10.1. The molecule has 29 heavy (non-hydrogen) atoms. The first-order valence-corrected chi connectivity index (χ1v) is 9.71. The van der Waals surface area contributed by atoms with Crippen LogP contribution in [0.4, 0.5) is 9.59 Å². The summed E-state index contributed by atoms with van der Waals surface area (Å²) in [4.78, 5) is 50.5. The van der Waals surface area contributed by atoms with Gasteiger partial charge in [0.05, 0.1) is 0 Å². The molecule has 1 aliphatic heterocycles. The topological polar surface area (TPSA) is 116 Å². The average Bonchev–Trinajstić information content (AvgIpc) is 2.94. The number of carbonyl (C=O) groups excluding carboxylic acids is 3. The molecular formula is C20H27N3O6. The van der Waals surface area contributed by atoms with Gasteiger partial charge in [0.25, 0.3) is 5.91 Å². The van der Waals surface area contributed by atoms with E-state index in [9.17, 15) is 24.3 Å². The number of carboxylic acid groups (broad SMARTS) is 1. The van der Waals surface area contributed by atoms with Crippen molar-refractivity contribution in [3.63, 3.8) is 0 Å². The van der Waals surface area contributed by atoms with Crippen molar-refractivity contribution >= 4 is 24.0 Å². The summed E-state index contributed by atoms with van der Waals surface area (Å²) in [6, 6.07) is 6.82. The minimum atomic E-state index is -1.20. The summed E-state index contributed by atoms with van der Waals surface area (Å²) in [6.07, 6.45) is 0.349. The number of likely N-dealkylation sites (N-methyl/N-ethyl adjacent to an activating group) is 1. The number of hydrogen-bond acceptors (Lipinski definition) is 5. The first-order valence-electron chi connectivity index (χ1n) is 9.71. The molecule has 0 aromatic heterocycles. The molecule has 9 heteroatoms. The number of nitrogens with zero attached hydrogens (tertiary/aromatic N) is 2. The first-order chi connectivity index (χ1) is 13.9. The number of carboxylic acids is 1. The number of amides is 4. The first kappa shape index (κ1) is 22.2. The molecule has 0 radical (unpaired) electrons. The van der Waals surface area contributed by atoms with E-state index in [4.69, 9.17) is 4.74 Å². The van der Waals surface area contributed by atoms with Crippen LogP contribution < -0.4 is 5.32 Å². The van der Waals surface area contributed by atoms with E-state index in [-0.39, 0.29) is 19.6 Å². The molecular weight excluding hydrogens is 378 g/mol. The smallest absolute Gasteiger partial charge is 0.407 e. The Labute approximate surface area is 169 Å². The second-order valence-corrected chi connectivity index (χ2v) is 6.69. The molecule has 2 N–H and O–H groups in total. The highest BCUT2D eigenvalue weighted by atomic mass is 16.5. The highest BCUT2D eigenvalue weighted by molar-refractivity contribution is 6.06. The molecule has 0 bridgehead atoms. The predicted octanol–water partition coefficient (Wildman–Crippen LogP) is 2.21. The monoisotopic (exact) mass is 405 g/mol. The number of imide groups is 1. The predicted molar refractivity (Wildman–Crippen MR) is 104 cm³/mol. The van der Waals surface area contributed by atoms with Crippen LogP contribution in [0.25, 0.3) is 0 Å². The Morgan fingerprint density at radius 2 is 1.90 bits per heavy atom. The van der Waals surface area contributed by atoms with E-state index in [0.717, 1.165) is 10.5 Å². The molecule has 2 rings (SSSR count). The van der Waals surface area contributed by atoms with Crippen LogP contribution in [0.1, 0.15) is 38.7 Å². The van der Waals surface area contributed by atoms with Crippen molar-refractivity contribution in [3.05, 3.63) is 35.9 Å². The Kier molecular flexibility index (Phi) is 7.99. The quantitative estimate of drug-likeness (QED) is 0.455. The van der Waals surface area contributed by atoms with Gasteiger partial charge in [0.2, 0.25) is 0 Å². The summed E-state index contributed by atoms with van der Waals surface area (Å²) in [5.41, 5.74) is 0.875. The van der Waals surface area contributed by atoms with E-state index < -0.39 is 36.1 Å². The van der Waals surface area contributed by atoms with Gasteiger partial charge in [-0.1, -0.05) is 37.3 Å². The number of alkyl carbamates (subject to hydrolysis) is 1. The second-order valence-electron chi connectivity index (χ2n) is 6.69. The molecule has 0 spiro atoms. The molecule has 1 aromatic rings. The number of rotatable bonds is 10. The van der Waals surface area contributed by atoms with Crippen LogP contribution in [-0.2, 0) is 20.9 Å². The van der Waals surface area contributed by atoms with Crippen molar-refractivity contribution < 1.29 is 29.0 Å². The zero-order chi connectivity index (χ0) is 21.4. The standard InChI is InChI=1S/C20H27N3O6/c1-3-15(18(25)26)23-17(24)16(22(4-2)20(23)28)11-8-12-21-19(27)29-13-14-9-6-5-7-10-14/h5-7,9-10,15-16H,3-4,8,11-13H2,1-2H3,(H,21,27)(H,25,26)/t15?,16-/m0/s1. The summed E-state index contributed by atoms with van der Waals surface area (Å²) in [5, 5.41) is 11.9. The van der Waals surface area contributed by atoms with Gasteiger partial charge in [-0.15, -0.1) is 0 Å². The van der Waals surface area contributed by atoms with Crippen molar-refractivity contribution in [1.82, 2.24) is 15.1 Å². The lowest BCUT2D eigenvalue weighted by Crippen LogP contribution is -2.45. The fraction of sp³-hybridized carbons (Fsp3) is 0.500. The number of benzene rings is 1. The third-order valence-electron chi connectivity index (χ3n) is 4.81. The molecule has 158 valence electrons. The van der Waals surface area contributed by atoms with Gasteiger partial charge in [0.1, 0.15) is 18.7 Å². The largest absolute Gasteiger partial charge is 0.480 e. The molecule has 1 heterocycles. The van der Waals surface area contributed by atoms with E-state index in [1.807, 2.05) is 30.3 Å². The van der Waals surface area contributed by atoms with Crippen molar-refractivity contribution in [1.29, 1.82) is 0 Å². The van der Waals surface area contributed by atoms with E-state index in [0.29, 0.717) is 19.4 Å². The number of carbonyl (C=O) groups is 4. The van der Waals surface area contributed by atoms with Crippen molar-refractivity contribution in [2.75, 3.05) is 13.1 Å². The van der Waals surface area contributed by atoms with E-state index in [2.05, 4.69) is 5.32 Å². The van der Waals surface area contributed by atoms with Gasteiger partial charge in [-0.2, -0.15) is 0 Å². The number of hydrogen-bond donors (Lipinski definition) is 2. The third-order valence-corrected chi connectivity index (χ3v) is 4.81. The van der Waals surface area contributed by atoms with Crippen LogP contribution in [0.5, 0.6) is 0 Å². The molecule has 1 saturated heterocycles. The maximum absolute atomic E-state index is 12.7. The zero-order valence-electron chi connectivity index (χ0n) is 16.7. The summed E-state index contributed by atoms with van der Waals surface area (Å²) in [5.74, 6) is -1.70. The van der Waals surface area contributed by atoms with Crippen molar-refractivity contribution in [3.8, 4) is 0 Å². The number of nitrogens with one attached hydrogen (secondary N) is 1. The normalized spacial score (nSPS) is 17.4. The second kappa shape index (κ2) is 10.4. The molecule has 1 aliphatic rings. The number of ether oxygens (including phenoxy) is 1. The molecule has 4 amide bonds. The fourth-order valence-corrected chi connectivity index (χ4v) is 3.31. The maximum Gasteiger partial charge on any atom is 0.407 e. The molecule has 1 fully saturated rings. The van der Waals surface area contributed by atoms with Gasteiger partial charge in [-0.3, -0.25) is 4.79 Å². The van der Waals surface area contributed by atoms with Crippen LogP contribution >= 0.6 is 0 Å². The highest BCUT2D eigenvalue weighted by Gasteiger charge is 2.48. The maximum atomic E-state index is 12.7. The average molecular weight is 405 g/mol. The van der Waals surface area contributed by atoms with Crippen LogP contribution in [0.15, 0.2) is 30.3 Å². The Bertz CT molecular complexity index is 739. The molecule has 1 unspecified atom stereocenters. The Morgan fingerprint density at radius 3 is 2.48 bits per heavy atom. The molecule has 0 aliphatic carbocycles. The van der Waals surface area contributed by atoms with Gasteiger partial charge in [-0.05, 0) is 31.7 Å². The van der Waals surface area contributed by atoms with Gasteiger partial charge in [0, 0.05) is 13.1 Å². The Balaban J connectivity index is 1.82. The van der Waals surface area contributed by atoms with Crippen LogP contribution in [0.2, 0.25) is 0 Å². The van der Waals surface area contributed by atoms with Crippen molar-refractivity contribution in [2.24, 2.45) is 0 Å². The van der Waals surface area contributed by atoms with Gasteiger partial charge in [0.15, 0.2) is 0 Å². The van der Waals surface area contributed by atoms with E-state index >= 15 is 0 Å². The lowest BCUT2D eigenvalue weighted by molar-refractivity contribution is -0.147. The molecule has 0 saturated carbocycles. The summed E-state index contributed by atoms with van der Waals surface area (Å²) in [7, 11) is 0. The minimum absolute atomic E-state index is 0.145.